The van der Waals surface area contributed by atoms with Crippen molar-refractivity contribution in [2.45, 2.75) is 9.92 Å². The summed E-state index contributed by atoms with van der Waals surface area (Å²) < 4.78 is 1.79. The van der Waals surface area contributed by atoms with E-state index in [1.165, 1.54) is 6.42 Å². The molecule has 0 heterocycles. The van der Waals surface area contributed by atoms with E-state index in [-0.39, 0.29) is 3.49 Å². The van der Waals surface area contributed by atoms with Crippen LogP contribution in [0.2, 0.25) is 0 Å². The molecule has 0 amide bonds. The Morgan fingerprint density at radius 2 is 1.50 bits per heavy atom. The normalized spacial score (nSPS) is 16.4. The van der Waals surface area contributed by atoms with Crippen LogP contribution in [0.1, 0.15) is 6.42 Å². The minimum absolute atomic E-state index is 0.126. The zero-order valence-corrected chi connectivity index (χ0v) is 13.7. The molecule has 4 heteroatoms. The topological polar surface area (TPSA) is 9.72 Å². The fourth-order valence-electron chi connectivity index (χ4n) is 2.29. The average molecular weight is 301 g/mol. The molecule has 0 atom stereocenters. The first-order chi connectivity index (χ1) is 7.41. The average Bonchev–Trinajstić information content (AvgIpc) is 2.64. The Hall–Kier alpha value is 0.243. The molecule has 90 valence electrons. The molecular formula is C12H23N3Zr. The van der Waals surface area contributed by atoms with Crippen LogP contribution in [-0.2, 0) is 23.2 Å². The van der Waals surface area contributed by atoms with Crippen LogP contribution in [0.4, 0.5) is 0 Å². The predicted octanol–water partition coefficient (Wildman–Crippen LogP) is 1.21. The summed E-state index contributed by atoms with van der Waals surface area (Å²) >= 11 is -0.689. The Labute approximate surface area is 111 Å². The van der Waals surface area contributed by atoms with Gasteiger partial charge in [0.1, 0.15) is 0 Å². The van der Waals surface area contributed by atoms with Crippen molar-refractivity contribution in [1.82, 2.24) is 14.7 Å². The molecule has 1 rings (SSSR count). The monoisotopic (exact) mass is 299 g/mol. The summed E-state index contributed by atoms with van der Waals surface area (Å²) in [7, 11) is 13.1. The van der Waals surface area contributed by atoms with Crippen molar-refractivity contribution in [1.29, 1.82) is 0 Å². The van der Waals surface area contributed by atoms with Gasteiger partial charge in [0.15, 0.2) is 0 Å². The molecule has 0 aromatic heterocycles. The Kier molecular flexibility index (Phi) is 5.12. The first-order valence-corrected chi connectivity index (χ1v) is 8.03. The maximum absolute atomic E-state index is 2.36. The van der Waals surface area contributed by atoms with Gasteiger partial charge in [0.05, 0.1) is 0 Å². The standard InChI is InChI=1S/C7H18N3.C5H5.Zr/c1-8(2)7(9(3)4)10(5)6;1-2-4-5-3-1;/h1-6H3;1-3H,4H2;. The van der Waals surface area contributed by atoms with Gasteiger partial charge in [-0.15, -0.1) is 0 Å². The fraction of sp³-hybridized carbons (Fsp3) is 0.667. The summed E-state index contributed by atoms with van der Waals surface area (Å²) in [5.41, 5.74) is 0. The van der Waals surface area contributed by atoms with E-state index in [4.69, 9.17) is 0 Å². The van der Waals surface area contributed by atoms with Gasteiger partial charge in [-0.3, -0.25) is 0 Å². The molecule has 0 fully saturated rings. The van der Waals surface area contributed by atoms with Crippen molar-refractivity contribution >= 4 is 0 Å². The number of rotatable bonds is 5. The van der Waals surface area contributed by atoms with Gasteiger partial charge in [-0.2, -0.15) is 0 Å². The zero-order chi connectivity index (χ0) is 12.3. The van der Waals surface area contributed by atoms with Crippen molar-refractivity contribution in [3.63, 3.8) is 0 Å². The maximum atomic E-state index is 2.36. The second-order valence-corrected chi connectivity index (χ2v) is 8.61. The number of hydrogen-bond acceptors (Lipinski definition) is 3. The molecule has 0 N–H and O–H groups in total. The van der Waals surface area contributed by atoms with Crippen molar-refractivity contribution < 1.29 is 23.2 Å². The summed E-state index contributed by atoms with van der Waals surface area (Å²) in [5, 5.41) is 0. The van der Waals surface area contributed by atoms with Crippen molar-refractivity contribution in [2.24, 2.45) is 0 Å². The first kappa shape index (κ1) is 14.3. The number of nitrogens with zero attached hydrogens (tertiary/aromatic N) is 3. The number of allylic oxidation sites excluding steroid dienone is 4. The van der Waals surface area contributed by atoms with Crippen LogP contribution < -0.4 is 0 Å². The molecule has 0 aliphatic heterocycles. The Morgan fingerprint density at radius 3 is 1.81 bits per heavy atom. The molecule has 1 aliphatic carbocycles. The fourth-order valence-corrected chi connectivity index (χ4v) is 5.98. The van der Waals surface area contributed by atoms with Crippen LogP contribution in [0.15, 0.2) is 21.5 Å². The van der Waals surface area contributed by atoms with E-state index < -0.39 is 23.2 Å². The molecule has 0 unspecified atom stereocenters. The predicted molar refractivity (Wildman–Crippen MR) is 65.6 cm³/mol. The van der Waals surface area contributed by atoms with Gasteiger partial charge < -0.3 is 0 Å². The summed E-state index contributed by atoms with van der Waals surface area (Å²) in [6.45, 7) is 0. The second kappa shape index (κ2) is 5.72. The molecule has 0 aromatic rings. The van der Waals surface area contributed by atoms with Crippen LogP contribution in [0.5, 0.6) is 0 Å². The van der Waals surface area contributed by atoms with E-state index in [0.717, 1.165) is 0 Å². The van der Waals surface area contributed by atoms with E-state index in [2.05, 4.69) is 75.2 Å². The van der Waals surface area contributed by atoms with Crippen LogP contribution in [0.3, 0.4) is 0 Å². The molecule has 0 saturated carbocycles. The molecule has 16 heavy (non-hydrogen) atoms. The van der Waals surface area contributed by atoms with E-state index in [0.29, 0.717) is 0 Å². The SMILES string of the molecule is CN(C)[C]([Zr][C]1=CC=CC1)(N(C)C)N(C)C. The van der Waals surface area contributed by atoms with Gasteiger partial charge in [-0.25, -0.2) is 0 Å². The van der Waals surface area contributed by atoms with Gasteiger partial charge in [-0.05, 0) is 0 Å². The summed E-state index contributed by atoms with van der Waals surface area (Å²) in [6.07, 6.45) is 7.95. The molecular weight excluding hydrogens is 277 g/mol. The third-order valence-electron chi connectivity index (χ3n) is 2.97. The van der Waals surface area contributed by atoms with Gasteiger partial charge in [-0.1, -0.05) is 0 Å². The molecule has 3 nitrogen and oxygen atoms in total. The van der Waals surface area contributed by atoms with Gasteiger partial charge in [0.2, 0.25) is 0 Å². The van der Waals surface area contributed by atoms with Gasteiger partial charge in [0.25, 0.3) is 0 Å². The number of hydrogen-bond donors (Lipinski definition) is 0. The van der Waals surface area contributed by atoms with Crippen LogP contribution in [0, 0.1) is 0 Å². The van der Waals surface area contributed by atoms with Crippen molar-refractivity contribution in [2.75, 3.05) is 42.3 Å². The molecule has 0 radical (unpaired) electrons. The van der Waals surface area contributed by atoms with Crippen LogP contribution in [-0.4, -0.2) is 60.5 Å². The second-order valence-electron chi connectivity index (χ2n) is 4.77. The van der Waals surface area contributed by atoms with Crippen molar-refractivity contribution in [3.8, 4) is 0 Å². The molecule has 0 spiro atoms. The Bertz CT molecular complexity index is 271. The van der Waals surface area contributed by atoms with Crippen LogP contribution >= 0.6 is 0 Å². The quantitative estimate of drug-likeness (QED) is 0.707. The molecule has 0 aromatic carbocycles. The molecule has 1 aliphatic rings. The first-order valence-electron chi connectivity index (χ1n) is 5.57. The van der Waals surface area contributed by atoms with E-state index >= 15 is 0 Å². The minimum atomic E-state index is -0.689. The van der Waals surface area contributed by atoms with Crippen LogP contribution in [0.25, 0.3) is 0 Å². The summed E-state index contributed by atoms with van der Waals surface area (Å²) in [4.78, 5) is 7.08. The third kappa shape index (κ3) is 2.73. The van der Waals surface area contributed by atoms with Gasteiger partial charge in [0, 0.05) is 0 Å². The molecule has 0 bridgehead atoms. The van der Waals surface area contributed by atoms with E-state index in [1.54, 1.807) is 3.28 Å². The van der Waals surface area contributed by atoms with Crippen molar-refractivity contribution in [3.05, 3.63) is 21.5 Å². The van der Waals surface area contributed by atoms with E-state index in [1.807, 2.05) is 0 Å². The summed E-state index contributed by atoms with van der Waals surface area (Å²) in [5.74, 6) is 0. The third-order valence-corrected chi connectivity index (χ3v) is 8.79. The molecule has 0 saturated heterocycles. The Morgan fingerprint density at radius 1 is 1.00 bits per heavy atom. The Balaban J connectivity index is 2.93. The summed E-state index contributed by atoms with van der Waals surface area (Å²) in [6, 6.07) is 0. The van der Waals surface area contributed by atoms with E-state index in [9.17, 15) is 0 Å². The van der Waals surface area contributed by atoms with Gasteiger partial charge >= 0.3 is 112 Å². The zero-order valence-electron chi connectivity index (χ0n) is 11.3.